The molecule has 1 nitrogen and oxygen atoms in total. The lowest BCUT2D eigenvalue weighted by atomic mass is 10.1. The maximum atomic E-state index is 2.73. The average molecular weight is 153 g/mol. The van der Waals surface area contributed by atoms with Gasteiger partial charge in [-0.25, -0.2) is 0 Å². The molecule has 1 saturated carbocycles. The highest BCUT2D eigenvalue weighted by Crippen LogP contribution is 2.54. The zero-order valence-corrected chi connectivity index (χ0v) is 7.77. The lowest BCUT2D eigenvalue weighted by Gasteiger charge is -2.24. The molecule has 2 fully saturated rings. The molecule has 0 aromatic heterocycles. The molecule has 0 aromatic rings. The van der Waals surface area contributed by atoms with Crippen LogP contribution in [-0.4, -0.2) is 23.5 Å². The van der Waals surface area contributed by atoms with Gasteiger partial charge in [-0.3, -0.25) is 4.90 Å². The van der Waals surface area contributed by atoms with Crippen molar-refractivity contribution in [1.29, 1.82) is 0 Å². The molecule has 1 aliphatic carbocycles. The Morgan fingerprint density at radius 1 is 1.55 bits per heavy atom. The van der Waals surface area contributed by atoms with E-state index in [2.05, 4.69) is 18.7 Å². The first kappa shape index (κ1) is 7.60. The molecule has 0 amide bonds. The molecule has 11 heavy (non-hydrogen) atoms. The minimum Gasteiger partial charge on any atom is -0.297 e. The van der Waals surface area contributed by atoms with Gasteiger partial charge in [0.2, 0.25) is 0 Å². The molecule has 1 aliphatic heterocycles. The third kappa shape index (κ3) is 1.01. The van der Waals surface area contributed by atoms with Crippen LogP contribution >= 0.6 is 0 Å². The van der Waals surface area contributed by atoms with Gasteiger partial charge >= 0.3 is 0 Å². The van der Waals surface area contributed by atoms with Crippen LogP contribution in [0.5, 0.6) is 0 Å². The second-order valence-electron chi connectivity index (χ2n) is 4.30. The van der Waals surface area contributed by atoms with Crippen LogP contribution in [0.25, 0.3) is 0 Å². The van der Waals surface area contributed by atoms with Crippen LogP contribution in [0.2, 0.25) is 0 Å². The molecule has 1 unspecified atom stereocenters. The highest BCUT2D eigenvalue weighted by molar-refractivity contribution is 5.12. The summed E-state index contributed by atoms with van der Waals surface area (Å²) in [6.45, 7) is 7.41. The van der Waals surface area contributed by atoms with E-state index in [4.69, 9.17) is 0 Å². The summed E-state index contributed by atoms with van der Waals surface area (Å²) in [6, 6.07) is 0. The fourth-order valence-electron chi connectivity index (χ4n) is 2.82. The van der Waals surface area contributed by atoms with Gasteiger partial charge < -0.3 is 0 Å². The standard InChI is InChI=1S/C10H19N/c1-3-6-11-7-4-5-10(11)8-9(10)2/h9H,3-8H2,1-2H3/t9-,10?/m1/s1. The summed E-state index contributed by atoms with van der Waals surface area (Å²) in [5, 5.41) is 0. The predicted molar refractivity (Wildman–Crippen MR) is 47.6 cm³/mol. The van der Waals surface area contributed by atoms with E-state index < -0.39 is 0 Å². The van der Waals surface area contributed by atoms with Gasteiger partial charge in [0.15, 0.2) is 0 Å². The summed E-state index contributed by atoms with van der Waals surface area (Å²) < 4.78 is 0. The summed E-state index contributed by atoms with van der Waals surface area (Å²) in [6.07, 6.45) is 5.74. The van der Waals surface area contributed by atoms with Crippen LogP contribution in [-0.2, 0) is 0 Å². The van der Waals surface area contributed by atoms with Gasteiger partial charge in [0.05, 0.1) is 0 Å². The Morgan fingerprint density at radius 3 is 2.82 bits per heavy atom. The highest BCUT2D eigenvalue weighted by Gasteiger charge is 2.56. The predicted octanol–water partition coefficient (Wildman–Crippen LogP) is 2.27. The lowest BCUT2D eigenvalue weighted by molar-refractivity contribution is 0.222. The van der Waals surface area contributed by atoms with Gasteiger partial charge in [0, 0.05) is 5.54 Å². The SMILES string of the molecule is CCCN1CCCC12C[C@H]2C. The second kappa shape index (κ2) is 2.48. The first-order valence-electron chi connectivity index (χ1n) is 5.04. The summed E-state index contributed by atoms with van der Waals surface area (Å²) in [5.41, 5.74) is 0.704. The van der Waals surface area contributed by atoms with Crippen LogP contribution in [0.4, 0.5) is 0 Å². The fourth-order valence-corrected chi connectivity index (χ4v) is 2.82. The number of likely N-dealkylation sites (tertiary alicyclic amines) is 1. The number of hydrogen-bond acceptors (Lipinski definition) is 1. The van der Waals surface area contributed by atoms with Crippen LogP contribution in [0.15, 0.2) is 0 Å². The van der Waals surface area contributed by atoms with Crippen LogP contribution in [0.1, 0.15) is 39.5 Å². The van der Waals surface area contributed by atoms with Crippen molar-refractivity contribution in [2.75, 3.05) is 13.1 Å². The van der Waals surface area contributed by atoms with Crippen LogP contribution in [0, 0.1) is 5.92 Å². The summed E-state index contributed by atoms with van der Waals surface area (Å²) in [7, 11) is 0. The first-order chi connectivity index (χ1) is 5.29. The summed E-state index contributed by atoms with van der Waals surface area (Å²) in [5.74, 6) is 0.997. The largest absolute Gasteiger partial charge is 0.297 e. The van der Waals surface area contributed by atoms with Crippen molar-refractivity contribution >= 4 is 0 Å². The molecule has 1 saturated heterocycles. The Labute approximate surface area is 69.8 Å². The van der Waals surface area contributed by atoms with Crippen molar-refractivity contribution in [3.8, 4) is 0 Å². The molecule has 0 N–H and O–H groups in total. The monoisotopic (exact) mass is 153 g/mol. The molecule has 2 atom stereocenters. The number of hydrogen-bond donors (Lipinski definition) is 0. The van der Waals surface area contributed by atoms with E-state index >= 15 is 0 Å². The van der Waals surface area contributed by atoms with Gasteiger partial charge in [-0.15, -0.1) is 0 Å². The smallest absolute Gasteiger partial charge is 0.0239 e. The lowest BCUT2D eigenvalue weighted by Crippen LogP contribution is -2.33. The minimum atomic E-state index is 0.704. The van der Waals surface area contributed by atoms with Crippen LogP contribution in [0.3, 0.4) is 0 Å². The molecule has 1 spiro atoms. The number of nitrogens with zero attached hydrogens (tertiary/aromatic N) is 1. The van der Waals surface area contributed by atoms with E-state index in [0.717, 1.165) is 5.92 Å². The quantitative estimate of drug-likeness (QED) is 0.588. The van der Waals surface area contributed by atoms with E-state index in [0.29, 0.717) is 5.54 Å². The van der Waals surface area contributed by atoms with Crippen molar-refractivity contribution in [3.63, 3.8) is 0 Å². The first-order valence-corrected chi connectivity index (χ1v) is 5.04. The molecule has 0 radical (unpaired) electrons. The zero-order chi connectivity index (χ0) is 7.90. The molecular formula is C10H19N. The molecule has 2 rings (SSSR count). The molecule has 0 aromatic carbocycles. The normalized spacial score (nSPS) is 43.6. The Balaban J connectivity index is 1.99. The Kier molecular flexibility index (Phi) is 1.71. The van der Waals surface area contributed by atoms with E-state index in [9.17, 15) is 0 Å². The minimum absolute atomic E-state index is 0.704. The van der Waals surface area contributed by atoms with E-state index in [-0.39, 0.29) is 0 Å². The van der Waals surface area contributed by atoms with Crippen molar-refractivity contribution in [2.24, 2.45) is 5.92 Å². The highest BCUT2D eigenvalue weighted by atomic mass is 15.3. The fraction of sp³-hybridized carbons (Fsp3) is 1.00. The van der Waals surface area contributed by atoms with Crippen molar-refractivity contribution < 1.29 is 0 Å². The van der Waals surface area contributed by atoms with Crippen molar-refractivity contribution in [2.45, 2.75) is 45.1 Å². The third-order valence-electron chi connectivity index (χ3n) is 3.58. The molecule has 64 valence electrons. The topological polar surface area (TPSA) is 3.24 Å². The molecule has 1 heterocycles. The average Bonchev–Trinajstić information content (AvgIpc) is 2.40. The Bertz CT molecular complexity index is 155. The summed E-state index contributed by atoms with van der Waals surface area (Å²) >= 11 is 0. The van der Waals surface area contributed by atoms with Gasteiger partial charge in [-0.2, -0.15) is 0 Å². The Morgan fingerprint density at radius 2 is 2.27 bits per heavy atom. The molecule has 2 aliphatic rings. The van der Waals surface area contributed by atoms with Crippen molar-refractivity contribution in [3.05, 3.63) is 0 Å². The Hall–Kier alpha value is -0.0400. The number of rotatable bonds is 2. The molecular weight excluding hydrogens is 134 g/mol. The van der Waals surface area contributed by atoms with E-state index in [1.807, 2.05) is 0 Å². The van der Waals surface area contributed by atoms with Gasteiger partial charge in [-0.05, 0) is 44.7 Å². The third-order valence-corrected chi connectivity index (χ3v) is 3.58. The second-order valence-corrected chi connectivity index (χ2v) is 4.30. The molecule has 0 bridgehead atoms. The van der Waals surface area contributed by atoms with Crippen LogP contribution < -0.4 is 0 Å². The molecule has 1 heteroatoms. The van der Waals surface area contributed by atoms with Crippen molar-refractivity contribution in [1.82, 2.24) is 4.90 Å². The van der Waals surface area contributed by atoms with E-state index in [1.165, 1.54) is 38.8 Å². The maximum absolute atomic E-state index is 2.73. The zero-order valence-electron chi connectivity index (χ0n) is 7.77. The van der Waals surface area contributed by atoms with Gasteiger partial charge in [0.25, 0.3) is 0 Å². The maximum Gasteiger partial charge on any atom is 0.0239 e. The van der Waals surface area contributed by atoms with E-state index in [1.54, 1.807) is 0 Å². The van der Waals surface area contributed by atoms with Gasteiger partial charge in [-0.1, -0.05) is 13.8 Å². The van der Waals surface area contributed by atoms with Gasteiger partial charge in [0.1, 0.15) is 0 Å². The summed E-state index contributed by atoms with van der Waals surface area (Å²) in [4.78, 5) is 2.73.